The predicted octanol–water partition coefficient (Wildman–Crippen LogP) is 3.50. The smallest absolute Gasteiger partial charge is 0.230 e. The summed E-state index contributed by atoms with van der Waals surface area (Å²) in [6.45, 7) is 8.08. The van der Waals surface area contributed by atoms with E-state index in [-0.39, 0.29) is 17.7 Å². The number of Topliss-reactive ketones (excluding diaryl/α,β-unsaturated/α-hetero) is 1. The molecule has 0 radical (unpaired) electrons. The average Bonchev–Trinajstić information content (AvgIpc) is 2.61. The lowest BCUT2D eigenvalue weighted by atomic mass is 10.1. The molecule has 1 aliphatic rings. The number of nitrogens with one attached hydrogen (secondary N) is 1. The van der Waals surface area contributed by atoms with Crippen molar-refractivity contribution in [3.8, 4) is 0 Å². The molecule has 1 fully saturated rings. The minimum Gasteiger partial charge on any atom is -0.349 e. The van der Waals surface area contributed by atoms with Gasteiger partial charge in [-0.1, -0.05) is 30.3 Å². The molecule has 1 N–H and O–H groups in total. The van der Waals surface area contributed by atoms with Crippen molar-refractivity contribution < 1.29 is 4.79 Å². The first-order valence-electron chi connectivity index (χ1n) is 9.27. The quantitative estimate of drug-likeness (QED) is 0.830. The van der Waals surface area contributed by atoms with E-state index in [0.717, 1.165) is 25.9 Å². The number of hydrogen-bond acceptors (Lipinski definition) is 6. The van der Waals surface area contributed by atoms with E-state index in [0.29, 0.717) is 23.3 Å². The van der Waals surface area contributed by atoms with Crippen molar-refractivity contribution in [3.63, 3.8) is 0 Å². The molecule has 6 heteroatoms. The number of anilines is 2. The van der Waals surface area contributed by atoms with Crippen LogP contribution in [-0.4, -0.2) is 39.4 Å². The Morgan fingerprint density at radius 2 is 1.73 bits per heavy atom. The fraction of sp³-hybridized carbons (Fsp3) is 0.500. The molecule has 1 saturated heterocycles. The molecule has 2 aromatic rings. The Morgan fingerprint density at radius 3 is 2.38 bits per heavy atom. The zero-order chi connectivity index (χ0) is 18.6. The first-order chi connectivity index (χ1) is 12.4. The van der Waals surface area contributed by atoms with Gasteiger partial charge in [0.05, 0.1) is 6.42 Å². The van der Waals surface area contributed by atoms with E-state index in [1.165, 1.54) is 6.42 Å². The van der Waals surface area contributed by atoms with Crippen molar-refractivity contribution >= 4 is 17.7 Å². The maximum atomic E-state index is 12.6. The van der Waals surface area contributed by atoms with Crippen molar-refractivity contribution in [2.24, 2.45) is 0 Å². The Labute approximate surface area is 155 Å². The van der Waals surface area contributed by atoms with E-state index in [1.54, 1.807) is 0 Å². The van der Waals surface area contributed by atoms with Gasteiger partial charge in [-0.15, -0.1) is 0 Å². The van der Waals surface area contributed by atoms with Gasteiger partial charge in [0, 0.05) is 24.2 Å². The van der Waals surface area contributed by atoms with E-state index in [4.69, 9.17) is 0 Å². The maximum absolute atomic E-state index is 12.6. The third-order valence-electron chi connectivity index (χ3n) is 4.21. The molecule has 6 nitrogen and oxygen atoms in total. The van der Waals surface area contributed by atoms with Gasteiger partial charge in [-0.25, -0.2) is 0 Å². The van der Waals surface area contributed by atoms with Crippen LogP contribution in [0.4, 0.5) is 11.9 Å². The summed E-state index contributed by atoms with van der Waals surface area (Å²) in [6, 6.07) is 9.28. The highest BCUT2D eigenvalue weighted by Gasteiger charge is 2.20. The summed E-state index contributed by atoms with van der Waals surface area (Å²) in [6.07, 6.45) is 3.71. The number of hydrogen-bond donors (Lipinski definition) is 1. The van der Waals surface area contributed by atoms with Crippen molar-refractivity contribution in [2.45, 2.75) is 52.0 Å². The number of piperidine rings is 1. The van der Waals surface area contributed by atoms with Crippen LogP contribution in [0, 0.1) is 0 Å². The van der Waals surface area contributed by atoms with Gasteiger partial charge in [0.15, 0.2) is 5.78 Å². The van der Waals surface area contributed by atoms with Gasteiger partial charge in [-0.2, -0.15) is 15.0 Å². The van der Waals surface area contributed by atoms with Crippen molar-refractivity contribution in [1.82, 2.24) is 15.0 Å². The van der Waals surface area contributed by atoms with E-state index in [1.807, 2.05) is 30.3 Å². The molecule has 0 aliphatic carbocycles. The minimum atomic E-state index is -0.165. The molecule has 26 heavy (non-hydrogen) atoms. The number of ketones is 1. The second-order valence-corrected chi connectivity index (χ2v) is 7.76. The number of rotatable bonds is 5. The summed E-state index contributed by atoms with van der Waals surface area (Å²) in [4.78, 5) is 28.5. The van der Waals surface area contributed by atoms with Gasteiger partial charge in [-0.05, 0) is 40.0 Å². The lowest BCUT2D eigenvalue weighted by Gasteiger charge is -2.28. The van der Waals surface area contributed by atoms with Crippen molar-refractivity contribution in [3.05, 3.63) is 41.7 Å². The second kappa shape index (κ2) is 7.81. The summed E-state index contributed by atoms with van der Waals surface area (Å²) in [5.41, 5.74) is 0.513. The molecule has 138 valence electrons. The molecule has 2 heterocycles. The summed E-state index contributed by atoms with van der Waals surface area (Å²) in [5.74, 6) is 1.73. The molecule has 3 rings (SSSR count). The number of carbonyl (C=O) groups excluding carboxylic acids is 1. The fourth-order valence-electron chi connectivity index (χ4n) is 2.98. The van der Waals surface area contributed by atoms with Crippen LogP contribution < -0.4 is 10.2 Å². The molecule has 0 unspecified atom stereocenters. The highest BCUT2D eigenvalue weighted by molar-refractivity contribution is 5.97. The largest absolute Gasteiger partial charge is 0.349 e. The van der Waals surface area contributed by atoms with Crippen LogP contribution in [0.1, 0.15) is 56.2 Å². The van der Waals surface area contributed by atoms with E-state index >= 15 is 0 Å². The first-order valence-corrected chi connectivity index (χ1v) is 9.27. The Bertz CT molecular complexity index is 749. The molecular formula is C20H27N5O. The van der Waals surface area contributed by atoms with Crippen molar-refractivity contribution in [1.29, 1.82) is 0 Å². The molecule has 0 bridgehead atoms. The van der Waals surface area contributed by atoms with Crippen LogP contribution in [0.15, 0.2) is 30.3 Å². The molecule has 1 aliphatic heterocycles. The van der Waals surface area contributed by atoms with E-state index < -0.39 is 0 Å². The standard InChI is InChI=1S/C20H27N5O/c1-20(2,3)24-18-21-17(14-16(26)15-10-6-4-7-11-15)22-19(23-18)25-12-8-5-9-13-25/h4,6-7,10-11H,5,8-9,12-14H2,1-3H3,(H,21,22,23,24). The highest BCUT2D eigenvalue weighted by Crippen LogP contribution is 2.19. The first kappa shape index (κ1) is 18.3. The fourth-order valence-corrected chi connectivity index (χ4v) is 2.98. The predicted molar refractivity (Wildman–Crippen MR) is 104 cm³/mol. The Balaban J connectivity index is 1.87. The van der Waals surface area contributed by atoms with Gasteiger partial charge >= 0.3 is 0 Å². The second-order valence-electron chi connectivity index (χ2n) is 7.76. The minimum absolute atomic E-state index is 0.0168. The third kappa shape index (κ3) is 5.00. The van der Waals surface area contributed by atoms with Gasteiger partial charge in [0.25, 0.3) is 0 Å². The average molecular weight is 353 g/mol. The van der Waals surface area contributed by atoms with Gasteiger partial charge in [0.2, 0.25) is 11.9 Å². The SMILES string of the molecule is CC(C)(C)Nc1nc(CC(=O)c2ccccc2)nc(N2CCCCC2)n1. The molecule has 0 amide bonds. The molecule has 1 aromatic carbocycles. The maximum Gasteiger partial charge on any atom is 0.230 e. The Hall–Kier alpha value is -2.50. The van der Waals surface area contributed by atoms with E-state index in [9.17, 15) is 4.79 Å². The van der Waals surface area contributed by atoms with Gasteiger partial charge in [-0.3, -0.25) is 4.79 Å². The number of carbonyl (C=O) groups is 1. The highest BCUT2D eigenvalue weighted by atomic mass is 16.1. The zero-order valence-corrected chi connectivity index (χ0v) is 15.8. The lowest BCUT2D eigenvalue weighted by Crippen LogP contribution is -2.33. The number of benzene rings is 1. The van der Waals surface area contributed by atoms with Crippen LogP contribution in [0.3, 0.4) is 0 Å². The summed E-state index contributed by atoms with van der Waals surface area (Å²) < 4.78 is 0. The summed E-state index contributed by atoms with van der Waals surface area (Å²) in [7, 11) is 0. The Morgan fingerprint density at radius 1 is 1.04 bits per heavy atom. The molecular weight excluding hydrogens is 326 g/mol. The number of aromatic nitrogens is 3. The van der Waals surface area contributed by atoms with Crippen LogP contribution >= 0.6 is 0 Å². The van der Waals surface area contributed by atoms with Crippen LogP contribution in [-0.2, 0) is 6.42 Å². The summed E-state index contributed by atoms with van der Waals surface area (Å²) >= 11 is 0. The topological polar surface area (TPSA) is 71.0 Å². The monoisotopic (exact) mass is 353 g/mol. The van der Waals surface area contributed by atoms with Gasteiger partial charge < -0.3 is 10.2 Å². The molecule has 0 spiro atoms. The molecule has 0 saturated carbocycles. The van der Waals surface area contributed by atoms with Crippen LogP contribution in [0.5, 0.6) is 0 Å². The van der Waals surface area contributed by atoms with Gasteiger partial charge in [0.1, 0.15) is 5.82 Å². The lowest BCUT2D eigenvalue weighted by molar-refractivity contribution is 0.0991. The molecule has 0 atom stereocenters. The summed E-state index contributed by atoms with van der Waals surface area (Å²) in [5, 5.41) is 3.31. The zero-order valence-electron chi connectivity index (χ0n) is 15.8. The van der Waals surface area contributed by atoms with Crippen LogP contribution in [0.25, 0.3) is 0 Å². The third-order valence-corrected chi connectivity index (χ3v) is 4.21. The molecule has 1 aromatic heterocycles. The normalized spacial score (nSPS) is 15.0. The van der Waals surface area contributed by atoms with Crippen molar-refractivity contribution in [2.75, 3.05) is 23.3 Å². The van der Waals surface area contributed by atoms with E-state index in [2.05, 4.69) is 45.9 Å². The Kier molecular flexibility index (Phi) is 5.49. The van der Waals surface area contributed by atoms with Crippen LogP contribution in [0.2, 0.25) is 0 Å². The number of nitrogens with zero attached hydrogens (tertiary/aromatic N) is 4.